The number of carbonyl (C=O) groups is 1. The molecule has 1 aliphatic heterocycles. The van der Waals surface area contributed by atoms with Gasteiger partial charge in [0.1, 0.15) is 0 Å². The van der Waals surface area contributed by atoms with E-state index in [2.05, 4.69) is 10.2 Å². The molecule has 0 bridgehead atoms. The van der Waals surface area contributed by atoms with E-state index < -0.39 is 10.0 Å². The molecular weight excluding hydrogens is 406 g/mol. The van der Waals surface area contributed by atoms with Gasteiger partial charge in [0.25, 0.3) is 5.91 Å². The molecule has 1 fully saturated rings. The topological polar surface area (TPSA) is 69.7 Å². The Morgan fingerprint density at radius 3 is 2.48 bits per heavy atom. The molecule has 1 N–H and O–H groups in total. The van der Waals surface area contributed by atoms with Crippen LogP contribution in [0.4, 0.5) is 5.69 Å². The van der Waals surface area contributed by atoms with Crippen LogP contribution in [0.25, 0.3) is 0 Å². The molecule has 0 saturated carbocycles. The fourth-order valence-electron chi connectivity index (χ4n) is 3.69. The molecule has 1 atom stereocenters. The average molecular weight is 436 g/mol. The van der Waals surface area contributed by atoms with E-state index in [9.17, 15) is 13.2 Å². The van der Waals surface area contributed by atoms with Crippen LogP contribution < -0.4 is 10.2 Å². The molecule has 2 aromatic rings. The molecule has 1 saturated heterocycles. The van der Waals surface area contributed by atoms with Crippen LogP contribution in [0.2, 0.25) is 0 Å². The normalized spacial score (nSPS) is 15.7. The first-order chi connectivity index (χ1) is 13.9. The third-order valence-corrected chi connectivity index (χ3v) is 8.42. The molecule has 6 nitrogen and oxygen atoms in total. The van der Waals surface area contributed by atoms with Crippen molar-refractivity contribution in [2.24, 2.45) is 0 Å². The molecule has 1 aliphatic rings. The van der Waals surface area contributed by atoms with E-state index in [1.54, 1.807) is 23.5 Å². The molecule has 3 rings (SSSR count). The van der Waals surface area contributed by atoms with Gasteiger partial charge in [0.15, 0.2) is 0 Å². The predicted molar refractivity (Wildman–Crippen MR) is 118 cm³/mol. The quantitative estimate of drug-likeness (QED) is 0.683. The van der Waals surface area contributed by atoms with E-state index in [-0.39, 0.29) is 16.8 Å². The fraction of sp³-hybridized carbons (Fsp3) is 0.476. The molecule has 0 radical (unpaired) electrons. The van der Waals surface area contributed by atoms with Gasteiger partial charge in [0, 0.05) is 36.7 Å². The Labute approximate surface area is 177 Å². The molecule has 1 aromatic carbocycles. The van der Waals surface area contributed by atoms with Gasteiger partial charge >= 0.3 is 0 Å². The number of nitrogens with zero attached hydrogens (tertiary/aromatic N) is 2. The summed E-state index contributed by atoms with van der Waals surface area (Å²) in [5.74, 6) is -0.246. The summed E-state index contributed by atoms with van der Waals surface area (Å²) in [5.41, 5.74) is 1.22. The number of hydrogen-bond acceptors (Lipinski definition) is 5. The van der Waals surface area contributed by atoms with Crippen molar-refractivity contribution in [2.45, 2.75) is 44.6 Å². The summed E-state index contributed by atoms with van der Waals surface area (Å²) < 4.78 is 27.4. The maximum absolute atomic E-state index is 13.2. The average Bonchev–Trinajstić information content (AvgIpc) is 3.42. The number of nitrogens with one attached hydrogen (secondary N) is 1. The highest BCUT2D eigenvalue weighted by atomic mass is 32.2. The first kappa shape index (κ1) is 21.8. The van der Waals surface area contributed by atoms with Crippen molar-refractivity contribution in [1.82, 2.24) is 9.62 Å². The van der Waals surface area contributed by atoms with E-state index in [1.807, 2.05) is 38.3 Å². The summed E-state index contributed by atoms with van der Waals surface area (Å²) in [6.07, 6.45) is 2.15. The Balaban J connectivity index is 1.98. The van der Waals surface area contributed by atoms with Crippen molar-refractivity contribution >= 4 is 33.0 Å². The Morgan fingerprint density at radius 2 is 1.90 bits per heavy atom. The third kappa shape index (κ3) is 4.65. The fourth-order valence-corrected chi connectivity index (χ4v) is 5.91. The lowest BCUT2D eigenvalue weighted by Gasteiger charge is -2.24. The van der Waals surface area contributed by atoms with Gasteiger partial charge in [0.2, 0.25) is 10.0 Å². The number of amides is 1. The molecule has 0 spiro atoms. The SMILES string of the molecule is CCN(CC)S(=O)(=O)c1ccc(N2CCCC2)c(C(=O)NC(C)c2cccs2)c1. The summed E-state index contributed by atoms with van der Waals surface area (Å²) in [6.45, 7) is 8.11. The van der Waals surface area contributed by atoms with Gasteiger partial charge in [0.05, 0.1) is 16.5 Å². The lowest BCUT2D eigenvalue weighted by atomic mass is 10.1. The molecule has 29 heavy (non-hydrogen) atoms. The standard InChI is InChI=1S/C21H29N3O3S2/c1-4-24(5-2)29(26,27)17-10-11-19(23-12-6-7-13-23)18(15-17)21(25)22-16(3)20-9-8-14-28-20/h8-11,14-16H,4-7,12-13H2,1-3H3,(H,22,25). The molecular formula is C21H29N3O3S2. The second-order valence-corrected chi connectivity index (χ2v) is 10.1. The van der Waals surface area contributed by atoms with Crippen LogP contribution in [0, 0.1) is 0 Å². The van der Waals surface area contributed by atoms with Gasteiger partial charge in [-0.05, 0) is 49.4 Å². The third-order valence-electron chi connectivity index (χ3n) is 5.32. The summed E-state index contributed by atoms with van der Waals surface area (Å²) in [4.78, 5) is 16.6. The first-order valence-electron chi connectivity index (χ1n) is 10.1. The van der Waals surface area contributed by atoms with Crippen molar-refractivity contribution in [3.63, 3.8) is 0 Å². The van der Waals surface area contributed by atoms with Gasteiger partial charge < -0.3 is 10.2 Å². The molecule has 1 aromatic heterocycles. The first-order valence-corrected chi connectivity index (χ1v) is 12.4. The van der Waals surface area contributed by atoms with E-state index >= 15 is 0 Å². The number of rotatable bonds is 8. The van der Waals surface area contributed by atoms with Crippen LogP contribution in [-0.4, -0.2) is 44.8 Å². The minimum atomic E-state index is -3.63. The van der Waals surface area contributed by atoms with Gasteiger partial charge in [-0.15, -0.1) is 11.3 Å². The zero-order chi connectivity index (χ0) is 21.0. The molecule has 1 unspecified atom stereocenters. The maximum Gasteiger partial charge on any atom is 0.253 e. The largest absolute Gasteiger partial charge is 0.371 e. The Morgan fingerprint density at radius 1 is 1.21 bits per heavy atom. The zero-order valence-electron chi connectivity index (χ0n) is 17.2. The zero-order valence-corrected chi connectivity index (χ0v) is 18.9. The van der Waals surface area contributed by atoms with Crippen molar-refractivity contribution in [1.29, 1.82) is 0 Å². The summed E-state index contributed by atoms with van der Waals surface area (Å²) in [5, 5.41) is 5.01. The minimum Gasteiger partial charge on any atom is -0.371 e. The van der Waals surface area contributed by atoms with Gasteiger partial charge in [-0.1, -0.05) is 19.9 Å². The highest BCUT2D eigenvalue weighted by Gasteiger charge is 2.27. The lowest BCUT2D eigenvalue weighted by Crippen LogP contribution is -2.32. The highest BCUT2D eigenvalue weighted by molar-refractivity contribution is 7.89. The van der Waals surface area contributed by atoms with Crippen molar-refractivity contribution < 1.29 is 13.2 Å². The molecule has 1 amide bonds. The van der Waals surface area contributed by atoms with Crippen LogP contribution in [0.1, 0.15) is 54.9 Å². The molecule has 158 valence electrons. The van der Waals surface area contributed by atoms with Crippen LogP contribution in [0.5, 0.6) is 0 Å². The van der Waals surface area contributed by atoms with Crippen molar-refractivity contribution in [3.8, 4) is 0 Å². The number of carbonyl (C=O) groups excluding carboxylic acids is 1. The van der Waals surface area contributed by atoms with E-state index in [1.165, 1.54) is 10.4 Å². The number of anilines is 1. The van der Waals surface area contributed by atoms with E-state index in [0.29, 0.717) is 18.7 Å². The van der Waals surface area contributed by atoms with Crippen LogP contribution >= 0.6 is 11.3 Å². The lowest BCUT2D eigenvalue weighted by molar-refractivity contribution is 0.0941. The molecule has 0 aliphatic carbocycles. The van der Waals surface area contributed by atoms with Crippen molar-refractivity contribution in [2.75, 3.05) is 31.1 Å². The monoisotopic (exact) mass is 435 g/mol. The Hall–Kier alpha value is -1.90. The highest BCUT2D eigenvalue weighted by Crippen LogP contribution is 2.29. The summed E-state index contributed by atoms with van der Waals surface area (Å²) in [7, 11) is -3.63. The van der Waals surface area contributed by atoms with Gasteiger partial charge in [-0.25, -0.2) is 8.42 Å². The van der Waals surface area contributed by atoms with Crippen LogP contribution in [0.15, 0.2) is 40.6 Å². The molecule has 8 heteroatoms. The van der Waals surface area contributed by atoms with Crippen LogP contribution in [-0.2, 0) is 10.0 Å². The molecule has 2 heterocycles. The maximum atomic E-state index is 13.2. The second-order valence-electron chi connectivity index (χ2n) is 7.17. The minimum absolute atomic E-state index is 0.142. The smallest absolute Gasteiger partial charge is 0.253 e. The van der Waals surface area contributed by atoms with Gasteiger partial charge in [-0.3, -0.25) is 4.79 Å². The summed E-state index contributed by atoms with van der Waals surface area (Å²) >= 11 is 1.59. The van der Waals surface area contributed by atoms with Crippen molar-refractivity contribution in [3.05, 3.63) is 46.2 Å². The van der Waals surface area contributed by atoms with Gasteiger partial charge in [-0.2, -0.15) is 4.31 Å². The predicted octanol–water partition coefficient (Wildman–Crippen LogP) is 3.87. The summed E-state index contributed by atoms with van der Waals surface area (Å²) in [6, 6.07) is 8.75. The second kappa shape index (κ2) is 9.28. The number of hydrogen-bond donors (Lipinski definition) is 1. The number of benzene rings is 1. The Kier molecular flexibility index (Phi) is 6.97. The number of sulfonamides is 1. The van der Waals surface area contributed by atoms with E-state index in [0.717, 1.165) is 36.5 Å². The number of thiophene rings is 1. The Bertz CT molecular complexity index is 932. The van der Waals surface area contributed by atoms with E-state index in [4.69, 9.17) is 0 Å². The van der Waals surface area contributed by atoms with Crippen LogP contribution in [0.3, 0.4) is 0 Å².